The van der Waals surface area contributed by atoms with Crippen LogP contribution in [0.3, 0.4) is 0 Å². The van der Waals surface area contributed by atoms with Crippen molar-refractivity contribution in [2.45, 2.75) is 69.0 Å². The Labute approximate surface area is 157 Å². The van der Waals surface area contributed by atoms with Gasteiger partial charge in [0.1, 0.15) is 5.71 Å². The molecule has 0 N–H and O–H groups in total. The lowest BCUT2D eigenvalue weighted by atomic mass is 9.55. The fraction of sp³-hybridized carbons (Fsp3) is 0.619. The third-order valence-corrected chi connectivity index (χ3v) is 6.74. The highest BCUT2D eigenvalue weighted by Gasteiger charge is 2.58. The predicted molar refractivity (Wildman–Crippen MR) is 98.0 cm³/mol. The maximum Gasteiger partial charge on any atom is 0.391 e. The number of carbonyl (C=O) groups excluding carboxylic acids is 1. The number of nitrogens with zero attached hydrogens (tertiary/aromatic N) is 2. The minimum atomic E-state index is -4.32. The van der Waals surface area contributed by atoms with Crippen LogP contribution in [-0.2, 0) is 10.2 Å². The molecule has 2 aliphatic heterocycles. The molecule has 4 rings (SSSR count). The molecule has 2 atom stereocenters. The van der Waals surface area contributed by atoms with Gasteiger partial charge in [0.15, 0.2) is 0 Å². The van der Waals surface area contributed by atoms with Gasteiger partial charge in [-0.2, -0.15) is 13.2 Å². The molecule has 6 heteroatoms. The quantitative estimate of drug-likeness (QED) is 0.738. The average molecular weight is 378 g/mol. The number of hydrogen-bond donors (Lipinski definition) is 0. The lowest BCUT2D eigenvalue weighted by Gasteiger charge is -2.53. The molecule has 1 saturated carbocycles. The molecule has 2 fully saturated rings. The van der Waals surface area contributed by atoms with Crippen molar-refractivity contribution in [2.75, 3.05) is 13.1 Å². The second-order valence-electron chi connectivity index (χ2n) is 8.37. The van der Waals surface area contributed by atoms with E-state index in [0.29, 0.717) is 32.4 Å². The summed E-state index contributed by atoms with van der Waals surface area (Å²) in [4.78, 5) is 19.6. The second kappa shape index (κ2) is 6.35. The molecule has 27 heavy (non-hydrogen) atoms. The van der Waals surface area contributed by atoms with Gasteiger partial charge in [0.05, 0.1) is 12.0 Å². The molecule has 0 spiro atoms. The molecule has 1 amide bonds. The molecular weight excluding hydrogens is 353 g/mol. The van der Waals surface area contributed by atoms with Crippen LogP contribution in [0, 0.1) is 0 Å². The van der Waals surface area contributed by atoms with Gasteiger partial charge in [-0.1, -0.05) is 44.0 Å². The van der Waals surface area contributed by atoms with Crippen LogP contribution in [0.25, 0.3) is 0 Å². The zero-order valence-electron chi connectivity index (χ0n) is 15.6. The zero-order chi connectivity index (χ0) is 19.3. The van der Waals surface area contributed by atoms with Crippen LogP contribution in [-0.4, -0.2) is 41.3 Å². The molecule has 2 heterocycles. The Morgan fingerprint density at radius 2 is 1.78 bits per heavy atom. The minimum Gasteiger partial charge on any atom is -0.337 e. The van der Waals surface area contributed by atoms with Crippen LogP contribution >= 0.6 is 0 Å². The summed E-state index contributed by atoms with van der Waals surface area (Å²) in [5, 5.41) is 0. The highest BCUT2D eigenvalue weighted by atomic mass is 19.4. The average Bonchev–Trinajstić information content (AvgIpc) is 3.15. The summed E-state index contributed by atoms with van der Waals surface area (Å²) in [7, 11) is 0. The van der Waals surface area contributed by atoms with E-state index in [1.54, 1.807) is 4.90 Å². The molecular formula is C21H25F3N2O. The van der Waals surface area contributed by atoms with Crippen LogP contribution in [0.4, 0.5) is 13.2 Å². The number of benzene rings is 1. The first-order valence-corrected chi connectivity index (χ1v) is 9.82. The van der Waals surface area contributed by atoms with Gasteiger partial charge in [-0.3, -0.25) is 9.79 Å². The Kier molecular flexibility index (Phi) is 4.35. The van der Waals surface area contributed by atoms with E-state index >= 15 is 0 Å². The fourth-order valence-electron chi connectivity index (χ4n) is 5.30. The summed E-state index contributed by atoms with van der Waals surface area (Å²) in [6.45, 7) is 3.23. The van der Waals surface area contributed by atoms with E-state index in [0.717, 1.165) is 30.4 Å². The molecule has 1 aromatic carbocycles. The number of rotatable bonds is 2. The van der Waals surface area contributed by atoms with Crippen LogP contribution in [0.1, 0.15) is 63.0 Å². The normalized spacial score (nSPS) is 30.5. The van der Waals surface area contributed by atoms with Crippen molar-refractivity contribution in [2.24, 2.45) is 4.99 Å². The first-order chi connectivity index (χ1) is 12.8. The van der Waals surface area contributed by atoms with Crippen molar-refractivity contribution in [3.05, 3.63) is 35.4 Å². The predicted octanol–water partition coefficient (Wildman–Crippen LogP) is 4.63. The summed E-state index contributed by atoms with van der Waals surface area (Å²) in [5.41, 5.74) is -0.187. The number of amides is 1. The first kappa shape index (κ1) is 18.5. The molecule has 1 saturated heterocycles. The Hall–Kier alpha value is -1.85. The van der Waals surface area contributed by atoms with Gasteiger partial charge in [-0.25, -0.2) is 0 Å². The van der Waals surface area contributed by atoms with Gasteiger partial charge in [0.2, 0.25) is 0 Å². The number of carbonyl (C=O) groups is 1. The third kappa shape index (κ3) is 2.97. The molecule has 146 valence electrons. The van der Waals surface area contributed by atoms with E-state index in [-0.39, 0.29) is 11.6 Å². The molecule has 3 aliphatic rings. The smallest absolute Gasteiger partial charge is 0.337 e. The van der Waals surface area contributed by atoms with Gasteiger partial charge in [-0.15, -0.1) is 0 Å². The number of fused-ring (bicyclic) bond motifs is 3. The standard InChI is InChI=1S/C21H25F3N2O/c1-19-10-4-5-11-20(19,14-21(22,23)24)25-17(15-8-2-3-9-16(15)19)18(27)26-12-6-7-13-26/h2-3,8-9H,4-7,10-14H2,1H3. The topological polar surface area (TPSA) is 32.7 Å². The zero-order valence-corrected chi connectivity index (χ0v) is 15.6. The van der Waals surface area contributed by atoms with Crippen molar-refractivity contribution in [1.29, 1.82) is 0 Å². The van der Waals surface area contributed by atoms with E-state index in [1.807, 2.05) is 31.2 Å². The van der Waals surface area contributed by atoms with Crippen molar-refractivity contribution >= 4 is 11.6 Å². The van der Waals surface area contributed by atoms with Crippen molar-refractivity contribution < 1.29 is 18.0 Å². The summed E-state index contributed by atoms with van der Waals surface area (Å²) in [6.07, 6.45) is -0.795. The summed E-state index contributed by atoms with van der Waals surface area (Å²) in [5.74, 6) is -0.214. The van der Waals surface area contributed by atoms with Crippen LogP contribution in [0.2, 0.25) is 0 Å². The Bertz CT molecular complexity index is 782. The van der Waals surface area contributed by atoms with Crippen LogP contribution in [0.5, 0.6) is 0 Å². The van der Waals surface area contributed by atoms with Crippen molar-refractivity contribution in [3.8, 4) is 0 Å². The Morgan fingerprint density at radius 3 is 2.48 bits per heavy atom. The second-order valence-corrected chi connectivity index (χ2v) is 8.37. The SMILES string of the molecule is CC12CCCCC1(CC(F)(F)F)N=C(C(=O)N1CCCC1)c1ccccc12. The lowest BCUT2D eigenvalue weighted by molar-refractivity contribution is -0.156. The minimum absolute atomic E-state index is 0.214. The molecule has 0 aromatic heterocycles. The number of hydrogen-bond acceptors (Lipinski definition) is 2. The molecule has 1 aromatic rings. The van der Waals surface area contributed by atoms with E-state index in [2.05, 4.69) is 4.99 Å². The lowest BCUT2D eigenvalue weighted by Crippen LogP contribution is -2.57. The maximum atomic E-state index is 13.6. The molecule has 0 radical (unpaired) electrons. The highest BCUT2D eigenvalue weighted by molar-refractivity contribution is 6.46. The van der Waals surface area contributed by atoms with Crippen molar-refractivity contribution in [1.82, 2.24) is 4.90 Å². The molecule has 2 unspecified atom stereocenters. The van der Waals surface area contributed by atoms with Crippen molar-refractivity contribution in [3.63, 3.8) is 0 Å². The van der Waals surface area contributed by atoms with Crippen LogP contribution < -0.4 is 0 Å². The van der Waals surface area contributed by atoms with Crippen LogP contribution in [0.15, 0.2) is 29.3 Å². The summed E-state index contributed by atoms with van der Waals surface area (Å²) in [6, 6.07) is 7.45. The van der Waals surface area contributed by atoms with Gasteiger partial charge in [-0.05, 0) is 31.2 Å². The Balaban J connectivity index is 1.89. The fourth-order valence-corrected chi connectivity index (χ4v) is 5.30. The summed E-state index contributed by atoms with van der Waals surface area (Å²) < 4.78 is 40.8. The van der Waals surface area contributed by atoms with E-state index in [1.165, 1.54) is 0 Å². The van der Waals surface area contributed by atoms with Gasteiger partial charge in [0.25, 0.3) is 5.91 Å². The number of likely N-dealkylation sites (tertiary alicyclic amines) is 1. The number of aliphatic imine (C=N–C) groups is 1. The molecule has 0 bridgehead atoms. The number of alkyl halides is 3. The third-order valence-electron chi connectivity index (χ3n) is 6.74. The van der Waals surface area contributed by atoms with Gasteiger partial charge >= 0.3 is 6.18 Å². The Morgan fingerprint density at radius 1 is 1.11 bits per heavy atom. The van der Waals surface area contributed by atoms with E-state index in [9.17, 15) is 18.0 Å². The largest absolute Gasteiger partial charge is 0.391 e. The van der Waals surface area contributed by atoms with E-state index < -0.39 is 23.6 Å². The van der Waals surface area contributed by atoms with Gasteiger partial charge < -0.3 is 4.90 Å². The summed E-state index contributed by atoms with van der Waals surface area (Å²) >= 11 is 0. The molecule has 3 nitrogen and oxygen atoms in total. The van der Waals surface area contributed by atoms with Gasteiger partial charge in [0, 0.05) is 24.1 Å². The maximum absolute atomic E-state index is 13.6. The first-order valence-electron chi connectivity index (χ1n) is 9.82. The highest BCUT2D eigenvalue weighted by Crippen LogP contribution is 2.56. The monoisotopic (exact) mass is 378 g/mol. The van der Waals surface area contributed by atoms with E-state index in [4.69, 9.17) is 0 Å². The number of halogens is 3. The molecule has 1 aliphatic carbocycles.